The molecule has 82 valence electrons. The molecule has 6 nitrogen and oxygen atoms in total. The normalized spacial score (nSPS) is 17.9. The van der Waals surface area contributed by atoms with E-state index in [4.69, 9.17) is 15.1 Å². The minimum absolute atomic E-state index is 0.189. The largest absolute Gasteiger partial charge is 0.482 e. The lowest BCUT2D eigenvalue weighted by molar-refractivity contribution is 0.221. The summed E-state index contributed by atoms with van der Waals surface area (Å²) in [6, 6.07) is 8.06. The van der Waals surface area contributed by atoms with Crippen LogP contribution < -0.4 is 16.0 Å². The summed E-state index contributed by atoms with van der Waals surface area (Å²) in [5.41, 5.74) is 3.45. The van der Waals surface area contributed by atoms with Crippen LogP contribution in [0.1, 0.15) is 17.5 Å². The van der Waals surface area contributed by atoms with Gasteiger partial charge in [-0.3, -0.25) is 5.43 Å². The van der Waals surface area contributed by atoms with Crippen molar-refractivity contribution in [2.75, 3.05) is 5.43 Å². The molecule has 2 heterocycles. The van der Waals surface area contributed by atoms with Crippen molar-refractivity contribution >= 4 is 6.01 Å². The van der Waals surface area contributed by atoms with Crippen LogP contribution in [0.25, 0.3) is 0 Å². The van der Waals surface area contributed by atoms with Crippen LogP contribution in [0.2, 0.25) is 0 Å². The fraction of sp³-hybridized carbons (Fsp3) is 0.200. The fourth-order valence-corrected chi connectivity index (χ4v) is 1.75. The standard InChI is InChI=1S/C10H10N4O2/c11-13-10-12-9(14-16-10)8-5-6-3-1-2-4-7(6)15-8/h1-4,8H,5,11H2,(H,12,13,14). The topological polar surface area (TPSA) is 86.2 Å². The molecule has 1 aliphatic heterocycles. The van der Waals surface area contributed by atoms with Crippen molar-refractivity contribution in [3.05, 3.63) is 35.7 Å². The molecule has 3 N–H and O–H groups in total. The summed E-state index contributed by atoms with van der Waals surface area (Å²) >= 11 is 0. The number of nitrogens with zero attached hydrogens (tertiary/aromatic N) is 2. The third-order valence-electron chi connectivity index (χ3n) is 2.50. The zero-order chi connectivity index (χ0) is 11.0. The highest BCUT2D eigenvalue weighted by Gasteiger charge is 2.27. The van der Waals surface area contributed by atoms with E-state index < -0.39 is 0 Å². The Kier molecular flexibility index (Phi) is 2.00. The molecule has 1 unspecified atom stereocenters. The zero-order valence-corrected chi connectivity index (χ0v) is 8.38. The van der Waals surface area contributed by atoms with Crippen LogP contribution in [0.5, 0.6) is 5.75 Å². The fourth-order valence-electron chi connectivity index (χ4n) is 1.75. The molecule has 1 atom stereocenters. The molecule has 0 spiro atoms. The third kappa shape index (κ3) is 1.40. The molecule has 0 radical (unpaired) electrons. The second-order valence-corrected chi connectivity index (χ2v) is 3.52. The molecule has 2 aromatic rings. The number of nitrogens with one attached hydrogen (secondary N) is 1. The van der Waals surface area contributed by atoms with Crippen LogP contribution in [0, 0.1) is 0 Å². The minimum atomic E-state index is -0.191. The molecule has 16 heavy (non-hydrogen) atoms. The van der Waals surface area contributed by atoms with E-state index in [1.165, 1.54) is 0 Å². The molecule has 1 aromatic heterocycles. The molecule has 0 fully saturated rings. The van der Waals surface area contributed by atoms with Crippen LogP contribution in [0.15, 0.2) is 28.8 Å². The number of hydrogen-bond donors (Lipinski definition) is 2. The lowest BCUT2D eigenvalue weighted by Gasteiger charge is -2.04. The van der Waals surface area contributed by atoms with Crippen molar-refractivity contribution in [2.24, 2.45) is 5.84 Å². The van der Waals surface area contributed by atoms with E-state index in [9.17, 15) is 0 Å². The average Bonchev–Trinajstić information content (AvgIpc) is 2.95. The van der Waals surface area contributed by atoms with Crippen LogP contribution in [0.3, 0.4) is 0 Å². The van der Waals surface area contributed by atoms with Crippen molar-refractivity contribution in [3.63, 3.8) is 0 Å². The summed E-state index contributed by atoms with van der Waals surface area (Å²) in [4.78, 5) is 4.05. The van der Waals surface area contributed by atoms with Gasteiger partial charge in [0.15, 0.2) is 6.10 Å². The molecular weight excluding hydrogens is 208 g/mol. The second-order valence-electron chi connectivity index (χ2n) is 3.52. The number of hydrogen-bond acceptors (Lipinski definition) is 6. The number of para-hydroxylation sites is 1. The summed E-state index contributed by atoms with van der Waals surface area (Å²) in [6.45, 7) is 0. The molecule has 1 aliphatic rings. The van der Waals surface area contributed by atoms with Crippen molar-refractivity contribution in [1.29, 1.82) is 0 Å². The smallest absolute Gasteiger partial charge is 0.335 e. The number of fused-ring (bicyclic) bond motifs is 1. The maximum Gasteiger partial charge on any atom is 0.335 e. The maximum absolute atomic E-state index is 5.70. The number of ether oxygens (including phenoxy) is 1. The lowest BCUT2D eigenvalue weighted by Crippen LogP contribution is -2.08. The average molecular weight is 218 g/mol. The van der Waals surface area contributed by atoms with Crippen molar-refractivity contribution < 1.29 is 9.26 Å². The Bertz CT molecular complexity index is 486. The Morgan fingerprint density at radius 3 is 3.00 bits per heavy atom. The van der Waals surface area contributed by atoms with Crippen LogP contribution in [-0.4, -0.2) is 10.1 Å². The molecule has 0 aliphatic carbocycles. The number of nitrogens with two attached hydrogens (primary N) is 1. The van der Waals surface area contributed by atoms with Crippen molar-refractivity contribution in [3.8, 4) is 5.75 Å². The number of aromatic nitrogens is 2. The minimum Gasteiger partial charge on any atom is -0.482 e. The first-order chi connectivity index (χ1) is 7.86. The van der Waals surface area contributed by atoms with Crippen LogP contribution >= 0.6 is 0 Å². The highest BCUT2D eigenvalue weighted by atomic mass is 16.5. The highest BCUT2D eigenvalue weighted by Crippen LogP contribution is 2.35. The first-order valence-electron chi connectivity index (χ1n) is 4.91. The molecular formula is C10H10N4O2. The van der Waals surface area contributed by atoms with Crippen LogP contribution in [0.4, 0.5) is 6.01 Å². The van der Waals surface area contributed by atoms with E-state index in [0.717, 1.165) is 17.7 Å². The number of nitrogen functional groups attached to an aromatic ring is 1. The molecule has 6 heteroatoms. The van der Waals surface area contributed by atoms with Gasteiger partial charge in [0.1, 0.15) is 5.75 Å². The first kappa shape index (κ1) is 9.17. The van der Waals surface area contributed by atoms with Gasteiger partial charge in [-0.05, 0) is 11.6 Å². The highest BCUT2D eigenvalue weighted by molar-refractivity contribution is 5.38. The van der Waals surface area contributed by atoms with E-state index in [2.05, 4.69) is 15.6 Å². The van der Waals surface area contributed by atoms with Gasteiger partial charge in [-0.25, -0.2) is 5.84 Å². The number of hydrazine groups is 1. The zero-order valence-electron chi connectivity index (χ0n) is 8.38. The summed E-state index contributed by atoms with van der Waals surface area (Å²) in [7, 11) is 0. The van der Waals surface area contributed by atoms with Gasteiger partial charge in [0.2, 0.25) is 5.82 Å². The first-order valence-corrected chi connectivity index (χ1v) is 4.91. The third-order valence-corrected chi connectivity index (χ3v) is 2.50. The molecule has 0 bridgehead atoms. The Hall–Kier alpha value is -2.08. The van der Waals surface area contributed by atoms with Gasteiger partial charge in [0.25, 0.3) is 0 Å². The summed E-state index contributed by atoms with van der Waals surface area (Å²) in [5, 5.41) is 3.80. The van der Waals surface area contributed by atoms with Crippen LogP contribution in [-0.2, 0) is 6.42 Å². The molecule has 1 aromatic carbocycles. The summed E-state index contributed by atoms with van der Waals surface area (Å²) in [6.07, 6.45) is 0.558. The van der Waals surface area contributed by atoms with Gasteiger partial charge in [0, 0.05) is 6.42 Å². The Morgan fingerprint density at radius 1 is 1.38 bits per heavy atom. The van der Waals surface area contributed by atoms with Gasteiger partial charge in [0.05, 0.1) is 0 Å². The second kappa shape index (κ2) is 3.49. The monoisotopic (exact) mass is 218 g/mol. The number of benzene rings is 1. The Morgan fingerprint density at radius 2 is 2.25 bits per heavy atom. The molecule has 0 saturated heterocycles. The summed E-state index contributed by atoms with van der Waals surface area (Å²) < 4.78 is 10.5. The van der Waals surface area contributed by atoms with Gasteiger partial charge >= 0.3 is 6.01 Å². The predicted molar refractivity (Wildman–Crippen MR) is 55.6 cm³/mol. The van der Waals surface area contributed by atoms with E-state index in [1.807, 2.05) is 24.3 Å². The molecule has 0 amide bonds. The molecule has 0 saturated carbocycles. The van der Waals surface area contributed by atoms with E-state index in [-0.39, 0.29) is 12.1 Å². The quantitative estimate of drug-likeness (QED) is 0.578. The lowest BCUT2D eigenvalue weighted by atomic mass is 10.1. The molecule has 3 rings (SSSR count). The van der Waals surface area contributed by atoms with E-state index in [1.54, 1.807) is 0 Å². The van der Waals surface area contributed by atoms with Gasteiger partial charge in [-0.2, -0.15) is 4.98 Å². The van der Waals surface area contributed by atoms with Crippen molar-refractivity contribution in [2.45, 2.75) is 12.5 Å². The van der Waals surface area contributed by atoms with E-state index >= 15 is 0 Å². The number of rotatable bonds is 2. The maximum atomic E-state index is 5.70. The Balaban J connectivity index is 1.85. The van der Waals surface area contributed by atoms with Gasteiger partial charge in [-0.1, -0.05) is 23.4 Å². The van der Waals surface area contributed by atoms with E-state index in [0.29, 0.717) is 5.82 Å². The predicted octanol–water partition coefficient (Wildman–Crippen LogP) is 1.03. The summed E-state index contributed by atoms with van der Waals surface area (Å²) in [5.74, 6) is 6.54. The number of anilines is 1. The van der Waals surface area contributed by atoms with Gasteiger partial charge < -0.3 is 9.26 Å². The van der Waals surface area contributed by atoms with Gasteiger partial charge in [-0.15, -0.1) is 0 Å². The SMILES string of the molecule is NNc1nc(C2Cc3ccccc3O2)no1. The Labute approximate surface area is 91.4 Å². The van der Waals surface area contributed by atoms with Crippen molar-refractivity contribution in [1.82, 2.24) is 10.1 Å².